The van der Waals surface area contributed by atoms with Crippen molar-refractivity contribution in [1.29, 1.82) is 0 Å². The molecule has 0 bridgehead atoms. The van der Waals surface area contributed by atoms with Crippen molar-refractivity contribution in [2.24, 2.45) is 5.73 Å². The van der Waals surface area contributed by atoms with E-state index in [1.807, 2.05) is 0 Å². The Morgan fingerprint density at radius 1 is 1.63 bits per heavy atom. The van der Waals surface area contributed by atoms with E-state index in [4.69, 9.17) is 16.2 Å². The van der Waals surface area contributed by atoms with E-state index in [0.717, 1.165) is 13.1 Å². The van der Waals surface area contributed by atoms with Crippen molar-refractivity contribution in [2.75, 3.05) is 25.4 Å². The summed E-state index contributed by atoms with van der Waals surface area (Å²) in [5.41, 5.74) is 11.3. The van der Waals surface area contributed by atoms with Crippen LogP contribution in [0.3, 0.4) is 0 Å². The summed E-state index contributed by atoms with van der Waals surface area (Å²) < 4.78 is 7.34. The number of ether oxygens (including phenoxy) is 1. The van der Waals surface area contributed by atoms with Crippen LogP contribution in [0.2, 0.25) is 0 Å². The van der Waals surface area contributed by atoms with Gasteiger partial charge in [0.05, 0.1) is 24.9 Å². The molecule has 1 aliphatic rings. The van der Waals surface area contributed by atoms with Gasteiger partial charge in [-0.05, 0) is 13.8 Å². The van der Waals surface area contributed by atoms with Crippen LogP contribution < -0.4 is 11.5 Å². The molecule has 0 spiro atoms. The summed E-state index contributed by atoms with van der Waals surface area (Å²) in [6, 6.07) is 0.496. The van der Waals surface area contributed by atoms with Crippen LogP contribution in [0.5, 0.6) is 0 Å². The van der Waals surface area contributed by atoms with Crippen LogP contribution in [-0.2, 0) is 11.3 Å². The summed E-state index contributed by atoms with van der Waals surface area (Å²) in [5.74, 6) is -0.607. The maximum atomic E-state index is 11.1. The predicted molar refractivity (Wildman–Crippen MR) is 71.6 cm³/mol. The number of morpholine rings is 1. The molecular formula is C12H21N5O2. The molecule has 4 N–H and O–H groups in total. The molecule has 0 saturated carbocycles. The predicted octanol–water partition coefficient (Wildman–Crippen LogP) is -0.327. The van der Waals surface area contributed by atoms with Gasteiger partial charge in [0.25, 0.3) is 5.91 Å². The Balaban J connectivity index is 2.01. The van der Waals surface area contributed by atoms with Gasteiger partial charge in [-0.1, -0.05) is 0 Å². The molecule has 0 radical (unpaired) electrons. The highest BCUT2D eigenvalue weighted by molar-refractivity contribution is 5.95. The molecule has 1 saturated heterocycles. The fourth-order valence-corrected chi connectivity index (χ4v) is 2.25. The monoisotopic (exact) mass is 267 g/mol. The molecule has 1 aromatic heterocycles. The average Bonchev–Trinajstić information content (AvgIpc) is 2.70. The molecule has 1 aromatic rings. The quantitative estimate of drug-likeness (QED) is 0.778. The number of nitrogens with two attached hydrogens (primary N) is 2. The molecule has 1 aliphatic heterocycles. The van der Waals surface area contributed by atoms with Crippen LogP contribution >= 0.6 is 0 Å². The van der Waals surface area contributed by atoms with Gasteiger partial charge in [-0.2, -0.15) is 5.10 Å². The van der Waals surface area contributed by atoms with Gasteiger partial charge in [-0.25, -0.2) is 0 Å². The van der Waals surface area contributed by atoms with Crippen molar-refractivity contribution in [3.8, 4) is 0 Å². The largest absolute Gasteiger partial charge is 0.396 e. The molecule has 2 heterocycles. The molecule has 0 aliphatic carbocycles. The average molecular weight is 267 g/mol. The Kier molecular flexibility index (Phi) is 4.06. The first-order valence-electron chi connectivity index (χ1n) is 6.45. The molecule has 7 heteroatoms. The number of anilines is 1. The first-order chi connectivity index (χ1) is 8.97. The van der Waals surface area contributed by atoms with Gasteiger partial charge in [0.2, 0.25) is 0 Å². The zero-order valence-electron chi connectivity index (χ0n) is 11.4. The van der Waals surface area contributed by atoms with Crippen LogP contribution in [0.1, 0.15) is 24.3 Å². The van der Waals surface area contributed by atoms with Crippen LogP contribution in [-0.4, -0.2) is 52.4 Å². The summed E-state index contributed by atoms with van der Waals surface area (Å²) in [5, 5.41) is 4.09. The van der Waals surface area contributed by atoms with E-state index in [0.29, 0.717) is 24.9 Å². The number of amides is 1. The second-order valence-corrected chi connectivity index (χ2v) is 5.10. The SMILES string of the molecule is CC(C)N1CCOC(Cn2cc(N)c(C(N)=O)n2)C1. The van der Waals surface area contributed by atoms with E-state index < -0.39 is 5.91 Å². The minimum Gasteiger partial charge on any atom is -0.396 e. The first kappa shape index (κ1) is 13.8. The van der Waals surface area contributed by atoms with Crippen LogP contribution in [0, 0.1) is 0 Å². The molecule has 1 unspecified atom stereocenters. The fraction of sp³-hybridized carbons (Fsp3) is 0.667. The van der Waals surface area contributed by atoms with Crippen LogP contribution in [0.15, 0.2) is 6.20 Å². The van der Waals surface area contributed by atoms with Crippen molar-refractivity contribution in [3.05, 3.63) is 11.9 Å². The minimum atomic E-state index is -0.607. The lowest BCUT2D eigenvalue weighted by Crippen LogP contribution is -2.47. The molecule has 1 amide bonds. The summed E-state index contributed by atoms with van der Waals surface area (Å²) in [6.45, 7) is 7.41. The van der Waals surface area contributed by atoms with Crippen LogP contribution in [0.4, 0.5) is 5.69 Å². The second-order valence-electron chi connectivity index (χ2n) is 5.10. The second kappa shape index (κ2) is 5.58. The zero-order valence-corrected chi connectivity index (χ0v) is 11.4. The van der Waals surface area contributed by atoms with Gasteiger partial charge >= 0.3 is 0 Å². The number of rotatable bonds is 4. The number of aromatic nitrogens is 2. The molecule has 7 nitrogen and oxygen atoms in total. The maximum Gasteiger partial charge on any atom is 0.271 e. The Morgan fingerprint density at radius 3 is 2.95 bits per heavy atom. The highest BCUT2D eigenvalue weighted by atomic mass is 16.5. The van der Waals surface area contributed by atoms with E-state index in [2.05, 4.69) is 23.8 Å². The third-order valence-electron chi connectivity index (χ3n) is 3.31. The number of nitrogens with zero attached hydrogens (tertiary/aromatic N) is 3. The smallest absolute Gasteiger partial charge is 0.271 e. The Morgan fingerprint density at radius 2 is 2.37 bits per heavy atom. The molecule has 1 fully saturated rings. The zero-order chi connectivity index (χ0) is 14.0. The van der Waals surface area contributed by atoms with Gasteiger partial charge < -0.3 is 16.2 Å². The lowest BCUT2D eigenvalue weighted by molar-refractivity contribution is -0.0469. The molecule has 0 aromatic carbocycles. The standard InChI is InChI=1S/C12H21N5O2/c1-8(2)16-3-4-19-9(5-16)6-17-7-10(13)11(15-17)12(14)18/h7-9H,3-6,13H2,1-2H3,(H2,14,18). The molecular weight excluding hydrogens is 246 g/mol. The number of primary amides is 1. The number of carbonyl (C=O) groups excluding carboxylic acids is 1. The van der Waals surface area contributed by atoms with Crippen molar-refractivity contribution in [2.45, 2.75) is 32.5 Å². The van der Waals surface area contributed by atoms with Gasteiger partial charge in [0, 0.05) is 25.3 Å². The first-order valence-corrected chi connectivity index (χ1v) is 6.45. The lowest BCUT2D eigenvalue weighted by atomic mass is 10.2. The number of hydrogen-bond donors (Lipinski definition) is 2. The van der Waals surface area contributed by atoms with E-state index in [1.165, 1.54) is 0 Å². The highest BCUT2D eigenvalue weighted by Crippen LogP contribution is 2.13. The fourth-order valence-electron chi connectivity index (χ4n) is 2.25. The van der Waals surface area contributed by atoms with Gasteiger partial charge in [0.1, 0.15) is 0 Å². The number of carbonyl (C=O) groups is 1. The molecule has 19 heavy (non-hydrogen) atoms. The van der Waals surface area contributed by atoms with Gasteiger partial charge in [-0.3, -0.25) is 14.4 Å². The molecule has 106 valence electrons. The number of hydrogen-bond acceptors (Lipinski definition) is 5. The van der Waals surface area contributed by atoms with E-state index >= 15 is 0 Å². The molecule has 1 atom stereocenters. The Labute approximate surface area is 112 Å². The van der Waals surface area contributed by atoms with E-state index in [9.17, 15) is 4.79 Å². The minimum absolute atomic E-state index is 0.0520. The summed E-state index contributed by atoms with van der Waals surface area (Å²) in [4.78, 5) is 13.5. The summed E-state index contributed by atoms with van der Waals surface area (Å²) in [7, 11) is 0. The third kappa shape index (κ3) is 3.24. The van der Waals surface area contributed by atoms with E-state index in [-0.39, 0.29) is 11.8 Å². The van der Waals surface area contributed by atoms with E-state index in [1.54, 1.807) is 10.9 Å². The lowest BCUT2D eigenvalue weighted by Gasteiger charge is -2.35. The van der Waals surface area contributed by atoms with Crippen molar-refractivity contribution < 1.29 is 9.53 Å². The van der Waals surface area contributed by atoms with Crippen molar-refractivity contribution in [3.63, 3.8) is 0 Å². The van der Waals surface area contributed by atoms with Gasteiger partial charge in [0.15, 0.2) is 5.69 Å². The van der Waals surface area contributed by atoms with Crippen molar-refractivity contribution in [1.82, 2.24) is 14.7 Å². The summed E-state index contributed by atoms with van der Waals surface area (Å²) in [6.07, 6.45) is 1.67. The number of nitrogen functional groups attached to an aromatic ring is 1. The third-order valence-corrected chi connectivity index (χ3v) is 3.31. The highest BCUT2D eigenvalue weighted by Gasteiger charge is 2.23. The normalized spacial score (nSPS) is 20.9. The maximum absolute atomic E-state index is 11.1. The van der Waals surface area contributed by atoms with Crippen molar-refractivity contribution >= 4 is 11.6 Å². The Bertz CT molecular complexity index is 457. The Hall–Kier alpha value is -1.60. The molecule has 2 rings (SSSR count). The van der Waals surface area contributed by atoms with Gasteiger partial charge in [-0.15, -0.1) is 0 Å². The van der Waals surface area contributed by atoms with Crippen LogP contribution in [0.25, 0.3) is 0 Å². The topological polar surface area (TPSA) is 99.4 Å². The summed E-state index contributed by atoms with van der Waals surface area (Å²) >= 11 is 0.